The highest BCUT2D eigenvalue weighted by Gasteiger charge is 2.21. The van der Waals surface area contributed by atoms with E-state index in [2.05, 4.69) is 10.6 Å². The molecule has 10 heteroatoms. The van der Waals surface area contributed by atoms with E-state index in [0.717, 1.165) is 36.2 Å². The molecule has 2 aromatic rings. The van der Waals surface area contributed by atoms with Crippen LogP contribution in [0.5, 0.6) is 0 Å². The average molecular weight is 457 g/mol. The summed E-state index contributed by atoms with van der Waals surface area (Å²) in [6.45, 7) is 4.77. The molecule has 1 saturated heterocycles. The molecule has 168 valence electrons. The monoisotopic (exact) mass is 456 g/mol. The Morgan fingerprint density at radius 1 is 1.09 bits per heavy atom. The van der Waals surface area contributed by atoms with Crippen LogP contribution in [-0.2, 0) is 4.79 Å². The van der Waals surface area contributed by atoms with Gasteiger partial charge in [0, 0.05) is 53.5 Å². The van der Waals surface area contributed by atoms with E-state index in [1.165, 1.54) is 25.1 Å². The van der Waals surface area contributed by atoms with Crippen molar-refractivity contribution in [2.75, 3.05) is 29.9 Å². The summed E-state index contributed by atoms with van der Waals surface area (Å²) in [5.41, 5.74) is 1.72. The second-order valence-electron chi connectivity index (χ2n) is 7.43. The van der Waals surface area contributed by atoms with Crippen molar-refractivity contribution < 1.29 is 19.3 Å². The standard InChI is InChI=1S/C22H24N4O5S/c1-14-12-17(22(29)25-8-10-32-11-9-25)6-7-19(14)24-20(27)15(2)23-21(28)16-4-3-5-18(13-16)26(30)31/h3-7,12-13,15H,8-11H2,1-2H3,(H,23,28)(H,24,27). The number of benzene rings is 2. The number of rotatable bonds is 6. The fraction of sp³-hybridized carbons (Fsp3) is 0.318. The van der Waals surface area contributed by atoms with Crippen molar-refractivity contribution in [3.8, 4) is 0 Å². The van der Waals surface area contributed by atoms with Crippen molar-refractivity contribution in [1.82, 2.24) is 10.2 Å². The molecular weight excluding hydrogens is 432 g/mol. The van der Waals surface area contributed by atoms with Gasteiger partial charge in [-0.15, -0.1) is 0 Å². The van der Waals surface area contributed by atoms with Gasteiger partial charge in [0.05, 0.1) is 4.92 Å². The largest absolute Gasteiger partial charge is 0.341 e. The van der Waals surface area contributed by atoms with Gasteiger partial charge >= 0.3 is 0 Å². The molecule has 3 rings (SSSR count). The van der Waals surface area contributed by atoms with Crippen molar-refractivity contribution in [3.05, 3.63) is 69.3 Å². The predicted molar refractivity (Wildman–Crippen MR) is 123 cm³/mol. The minimum atomic E-state index is -0.881. The molecule has 1 aliphatic heterocycles. The van der Waals surface area contributed by atoms with Crippen molar-refractivity contribution in [3.63, 3.8) is 0 Å². The summed E-state index contributed by atoms with van der Waals surface area (Å²) in [4.78, 5) is 49.7. The molecule has 0 aromatic heterocycles. The Hall–Kier alpha value is -3.40. The maximum Gasteiger partial charge on any atom is 0.270 e. The highest BCUT2D eigenvalue weighted by Crippen LogP contribution is 2.20. The minimum Gasteiger partial charge on any atom is -0.341 e. The van der Waals surface area contributed by atoms with E-state index in [4.69, 9.17) is 0 Å². The summed E-state index contributed by atoms with van der Waals surface area (Å²) in [6, 6.07) is 9.50. The Morgan fingerprint density at radius 2 is 1.81 bits per heavy atom. The number of thioether (sulfide) groups is 1. The van der Waals surface area contributed by atoms with Crippen LogP contribution in [0.4, 0.5) is 11.4 Å². The maximum atomic E-state index is 12.7. The topological polar surface area (TPSA) is 122 Å². The molecule has 2 aromatic carbocycles. The first-order chi connectivity index (χ1) is 15.3. The van der Waals surface area contributed by atoms with Gasteiger partial charge < -0.3 is 15.5 Å². The molecule has 0 spiro atoms. The minimum absolute atomic E-state index is 0.0242. The second kappa shape index (κ2) is 10.3. The number of nitro benzene ring substituents is 1. The highest BCUT2D eigenvalue weighted by atomic mass is 32.2. The Morgan fingerprint density at radius 3 is 2.47 bits per heavy atom. The van der Waals surface area contributed by atoms with E-state index in [1.54, 1.807) is 25.1 Å². The van der Waals surface area contributed by atoms with Crippen LogP contribution >= 0.6 is 11.8 Å². The normalized spacial score (nSPS) is 14.4. The number of hydrogen-bond acceptors (Lipinski definition) is 6. The third-order valence-electron chi connectivity index (χ3n) is 5.09. The van der Waals surface area contributed by atoms with Crippen LogP contribution < -0.4 is 10.6 Å². The quantitative estimate of drug-likeness (QED) is 0.509. The van der Waals surface area contributed by atoms with E-state index in [0.29, 0.717) is 11.3 Å². The van der Waals surface area contributed by atoms with Crippen LogP contribution in [0.1, 0.15) is 33.2 Å². The third kappa shape index (κ3) is 5.64. The lowest BCUT2D eigenvalue weighted by Crippen LogP contribution is -2.41. The molecule has 2 N–H and O–H groups in total. The van der Waals surface area contributed by atoms with Crippen LogP contribution in [0.15, 0.2) is 42.5 Å². The van der Waals surface area contributed by atoms with Crippen molar-refractivity contribution in [2.24, 2.45) is 0 Å². The fourth-order valence-corrected chi connectivity index (χ4v) is 4.14. The lowest BCUT2D eigenvalue weighted by atomic mass is 10.1. The molecule has 1 atom stereocenters. The predicted octanol–water partition coefficient (Wildman–Crippen LogP) is 2.85. The van der Waals surface area contributed by atoms with E-state index in [1.807, 2.05) is 16.7 Å². The number of nitro groups is 1. The molecule has 1 aliphatic rings. The molecule has 1 fully saturated rings. The van der Waals surface area contributed by atoms with Crippen LogP contribution in [0.25, 0.3) is 0 Å². The zero-order valence-corrected chi connectivity index (χ0v) is 18.6. The van der Waals surface area contributed by atoms with Crippen molar-refractivity contribution in [2.45, 2.75) is 19.9 Å². The SMILES string of the molecule is Cc1cc(C(=O)N2CCSCC2)ccc1NC(=O)C(C)NC(=O)c1cccc([N+](=O)[O-])c1. The summed E-state index contributed by atoms with van der Waals surface area (Å²) in [5.74, 6) is 0.800. The average Bonchev–Trinajstić information content (AvgIpc) is 2.80. The lowest BCUT2D eigenvalue weighted by molar-refractivity contribution is -0.384. The zero-order valence-electron chi connectivity index (χ0n) is 17.8. The van der Waals surface area contributed by atoms with Gasteiger partial charge in [0.25, 0.3) is 17.5 Å². The Kier molecular flexibility index (Phi) is 7.47. The van der Waals surface area contributed by atoms with E-state index in [-0.39, 0.29) is 17.2 Å². The van der Waals surface area contributed by atoms with Gasteiger partial charge in [-0.05, 0) is 43.7 Å². The number of nitrogens with zero attached hydrogens (tertiary/aromatic N) is 2. The molecule has 9 nitrogen and oxygen atoms in total. The van der Waals surface area contributed by atoms with Crippen LogP contribution in [0.3, 0.4) is 0 Å². The summed E-state index contributed by atoms with van der Waals surface area (Å²) in [6.07, 6.45) is 0. The molecule has 3 amide bonds. The first kappa shape index (κ1) is 23.3. The number of aryl methyl sites for hydroxylation is 1. The van der Waals surface area contributed by atoms with Gasteiger partial charge in [0.15, 0.2) is 0 Å². The second-order valence-corrected chi connectivity index (χ2v) is 8.65. The third-order valence-corrected chi connectivity index (χ3v) is 6.03. The Labute approximate surface area is 189 Å². The Bertz CT molecular complexity index is 1050. The number of anilines is 1. The number of nitrogens with one attached hydrogen (secondary N) is 2. The summed E-state index contributed by atoms with van der Waals surface area (Å²) in [7, 11) is 0. The maximum absolute atomic E-state index is 12.7. The molecule has 32 heavy (non-hydrogen) atoms. The van der Waals surface area contributed by atoms with Crippen LogP contribution in [-0.4, -0.2) is 58.2 Å². The molecule has 0 bridgehead atoms. The molecular formula is C22H24N4O5S. The van der Waals surface area contributed by atoms with Crippen molar-refractivity contribution in [1.29, 1.82) is 0 Å². The van der Waals surface area contributed by atoms with E-state index >= 15 is 0 Å². The first-order valence-corrected chi connectivity index (χ1v) is 11.3. The first-order valence-electron chi connectivity index (χ1n) is 10.1. The molecule has 1 unspecified atom stereocenters. The van der Waals surface area contributed by atoms with Gasteiger partial charge in [-0.1, -0.05) is 6.07 Å². The summed E-state index contributed by atoms with van der Waals surface area (Å²) >= 11 is 1.83. The number of non-ortho nitro benzene ring substituents is 1. The highest BCUT2D eigenvalue weighted by molar-refractivity contribution is 7.99. The fourth-order valence-electron chi connectivity index (χ4n) is 3.23. The molecule has 0 radical (unpaired) electrons. The Balaban J connectivity index is 1.62. The van der Waals surface area contributed by atoms with Gasteiger partial charge in [-0.3, -0.25) is 24.5 Å². The lowest BCUT2D eigenvalue weighted by Gasteiger charge is -2.26. The number of hydrogen-bond donors (Lipinski definition) is 2. The van der Waals surface area contributed by atoms with E-state index in [9.17, 15) is 24.5 Å². The van der Waals surface area contributed by atoms with Crippen molar-refractivity contribution >= 4 is 40.9 Å². The van der Waals surface area contributed by atoms with Crippen LogP contribution in [0.2, 0.25) is 0 Å². The number of carbonyl (C=O) groups excluding carboxylic acids is 3. The summed E-state index contributed by atoms with van der Waals surface area (Å²) < 4.78 is 0. The smallest absolute Gasteiger partial charge is 0.270 e. The van der Waals surface area contributed by atoms with Crippen LogP contribution in [0, 0.1) is 17.0 Å². The molecule has 1 heterocycles. The van der Waals surface area contributed by atoms with Gasteiger partial charge in [-0.2, -0.15) is 11.8 Å². The number of carbonyl (C=O) groups is 3. The van der Waals surface area contributed by atoms with Gasteiger partial charge in [0.2, 0.25) is 5.91 Å². The molecule has 0 saturated carbocycles. The number of amides is 3. The molecule has 0 aliphatic carbocycles. The van der Waals surface area contributed by atoms with E-state index < -0.39 is 22.8 Å². The zero-order chi connectivity index (χ0) is 23.3. The summed E-state index contributed by atoms with van der Waals surface area (Å²) in [5, 5.41) is 16.2. The van der Waals surface area contributed by atoms with Gasteiger partial charge in [0.1, 0.15) is 6.04 Å². The van der Waals surface area contributed by atoms with Gasteiger partial charge in [-0.25, -0.2) is 0 Å².